The van der Waals surface area contributed by atoms with Crippen LogP contribution in [0.25, 0.3) is 0 Å². The van der Waals surface area contributed by atoms with Crippen molar-refractivity contribution in [2.75, 3.05) is 0 Å². The molecule has 0 saturated carbocycles. The molecule has 7 heteroatoms. The molecule has 0 heterocycles. The minimum absolute atomic E-state index is 0.111. The molecule has 1 aromatic carbocycles. The number of nitrogens with one attached hydrogen (secondary N) is 1. The second-order valence-electron chi connectivity index (χ2n) is 4.86. The van der Waals surface area contributed by atoms with E-state index < -0.39 is 23.6 Å². The van der Waals surface area contributed by atoms with Gasteiger partial charge in [-0.15, -0.1) is 0 Å². The third kappa shape index (κ3) is 5.08. The maximum absolute atomic E-state index is 11.9. The van der Waals surface area contributed by atoms with Crippen LogP contribution in [0, 0.1) is 0 Å². The summed E-state index contributed by atoms with van der Waals surface area (Å²) >= 11 is 0. The van der Waals surface area contributed by atoms with E-state index in [1.54, 1.807) is 37.3 Å². The number of rotatable bonds is 8. The Morgan fingerprint density at radius 2 is 1.77 bits per heavy atom. The van der Waals surface area contributed by atoms with Gasteiger partial charge < -0.3 is 20.3 Å². The highest BCUT2D eigenvalue weighted by atomic mass is 16.6. The number of carbonyl (C=O) groups is 3. The van der Waals surface area contributed by atoms with Crippen LogP contribution in [-0.4, -0.2) is 33.8 Å². The van der Waals surface area contributed by atoms with Crippen LogP contribution in [0.4, 0.5) is 4.79 Å². The first kappa shape index (κ1) is 17.5. The summed E-state index contributed by atoms with van der Waals surface area (Å²) in [6, 6.07) is 8.20. The summed E-state index contributed by atoms with van der Waals surface area (Å²) in [6.07, 6.45) is -0.919. The van der Waals surface area contributed by atoms with Gasteiger partial charge in [-0.25, -0.2) is 9.59 Å². The number of amides is 1. The molecule has 120 valence electrons. The molecular formula is C15H19NO6. The average molecular weight is 309 g/mol. The largest absolute Gasteiger partial charge is 0.481 e. The molecule has 0 fully saturated rings. The number of para-hydroxylation sites is 1. The number of benzene rings is 1. The van der Waals surface area contributed by atoms with E-state index in [1.165, 1.54) is 0 Å². The van der Waals surface area contributed by atoms with Crippen LogP contribution >= 0.6 is 0 Å². The number of hydrogen-bond donors (Lipinski definition) is 3. The lowest BCUT2D eigenvalue weighted by molar-refractivity contribution is -0.146. The van der Waals surface area contributed by atoms with Crippen molar-refractivity contribution in [3.63, 3.8) is 0 Å². The Bertz CT molecular complexity index is 530. The van der Waals surface area contributed by atoms with E-state index >= 15 is 0 Å². The number of carboxylic acid groups (broad SMARTS) is 2. The van der Waals surface area contributed by atoms with Crippen molar-refractivity contribution in [2.24, 2.45) is 0 Å². The Balaban J connectivity index is 2.83. The van der Waals surface area contributed by atoms with Gasteiger partial charge in [0, 0.05) is 6.42 Å². The summed E-state index contributed by atoms with van der Waals surface area (Å²) in [4.78, 5) is 34.2. The van der Waals surface area contributed by atoms with E-state index in [9.17, 15) is 19.5 Å². The Hall–Kier alpha value is -2.57. The number of carbonyl (C=O) groups excluding carboxylic acids is 1. The van der Waals surface area contributed by atoms with Gasteiger partial charge in [-0.05, 0) is 25.0 Å². The van der Waals surface area contributed by atoms with Gasteiger partial charge in [0.05, 0.1) is 0 Å². The molecule has 1 aromatic rings. The van der Waals surface area contributed by atoms with Gasteiger partial charge in [0.15, 0.2) is 0 Å². The van der Waals surface area contributed by atoms with E-state index in [1.807, 2.05) is 0 Å². The molecule has 22 heavy (non-hydrogen) atoms. The molecule has 3 N–H and O–H groups in total. The number of hydrogen-bond acceptors (Lipinski definition) is 4. The van der Waals surface area contributed by atoms with Crippen LogP contribution in [0.3, 0.4) is 0 Å². The van der Waals surface area contributed by atoms with Crippen molar-refractivity contribution in [1.29, 1.82) is 0 Å². The molecule has 1 rings (SSSR count). The van der Waals surface area contributed by atoms with Crippen molar-refractivity contribution in [3.05, 3.63) is 30.3 Å². The van der Waals surface area contributed by atoms with E-state index in [-0.39, 0.29) is 25.0 Å². The van der Waals surface area contributed by atoms with Crippen LogP contribution in [0.5, 0.6) is 5.75 Å². The summed E-state index contributed by atoms with van der Waals surface area (Å²) in [5, 5.41) is 20.5. The highest BCUT2D eigenvalue weighted by Crippen LogP contribution is 2.21. The summed E-state index contributed by atoms with van der Waals surface area (Å²) in [5.74, 6) is -2.13. The van der Waals surface area contributed by atoms with E-state index in [0.717, 1.165) is 0 Å². The second kappa shape index (κ2) is 8.02. The average Bonchev–Trinajstić information content (AvgIpc) is 2.45. The van der Waals surface area contributed by atoms with Gasteiger partial charge in [-0.1, -0.05) is 31.5 Å². The zero-order valence-electron chi connectivity index (χ0n) is 12.2. The minimum Gasteiger partial charge on any atom is -0.481 e. The molecule has 0 aliphatic rings. The predicted octanol–water partition coefficient (Wildman–Crippen LogP) is 2.26. The van der Waals surface area contributed by atoms with Crippen LogP contribution < -0.4 is 10.1 Å². The summed E-state index contributed by atoms with van der Waals surface area (Å²) in [5.41, 5.74) is -1.65. The van der Waals surface area contributed by atoms with Crippen LogP contribution in [0.15, 0.2) is 30.3 Å². The molecule has 0 unspecified atom stereocenters. The topological polar surface area (TPSA) is 113 Å². The molecule has 1 atom stereocenters. The van der Waals surface area contributed by atoms with Gasteiger partial charge in [0.25, 0.3) is 0 Å². The number of ether oxygens (including phenoxy) is 1. The monoisotopic (exact) mass is 309 g/mol. The summed E-state index contributed by atoms with van der Waals surface area (Å²) < 4.78 is 5.01. The highest BCUT2D eigenvalue weighted by Gasteiger charge is 2.40. The van der Waals surface area contributed by atoms with Crippen LogP contribution in [0.1, 0.15) is 32.6 Å². The molecule has 0 aliphatic carbocycles. The fraction of sp³-hybridized carbons (Fsp3) is 0.400. The van der Waals surface area contributed by atoms with Crippen molar-refractivity contribution >= 4 is 18.0 Å². The summed E-state index contributed by atoms with van der Waals surface area (Å²) in [6.45, 7) is 1.75. The van der Waals surface area contributed by atoms with Gasteiger partial charge >= 0.3 is 18.0 Å². The van der Waals surface area contributed by atoms with Gasteiger partial charge in [0.1, 0.15) is 11.3 Å². The van der Waals surface area contributed by atoms with E-state index in [0.29, 0.717) is 6.42 Å². The fourth-order valence-electron chi connectivity index (χ4n) is 2.08. The maximum Gasteiger partial charge on any atom is 0.413 e. The molecule has 7 nitrogen and oxygen atoms in total. The predicted molar refractivity (Wildman–Crippen MR) is 77.7 cm³/mol. The minimum atomic E-state index is -1.65. The maximum atomic E-state index is 11.9. The number of carboxylic acids is 2. The normalized spacial score (nSPS) is 13.0. The smallest absolute Gasteiger partial charge is 0.413 e. The molecular weight excluding hydrogens is 290 g/mol. The SMILES string of the molecule is CCC[C@@](CCC(=O)O)(NC(=O)Oc1ccccc1)C(=O)O. The number of aliphatic carboxylic acids is 2. The third-order valence-corrected chi connectivity index (χ3v) is 3.15. The first-order valence-electron chi connectivity index (χ1n) is 6.90. The molecule has 0 aliphatic heterocycles. The van der Waals surface area contributed by atoms with Crippen molar-refractivity contribution < 1.29 is 29.3 Å². The molecule has 1 amide bonds. The van der Waals surface area contributed by atoms with Crippen molar-refractivity contribution in [2.45, 2.75) is 38.1 Å². The lowest BCUT2D eigenvalue weighted by Gasteiger charge is -2.29. The zero-order chi connectivity index (χ0) is 16.6. The second-order valence-corrected chi connectivity index (χ2v) is 4.86. The lowest BCUT2D eigenvalue weighted by atomic mass is 9.88. The Labute approximate surface area is 127 Å². The van der Waals surface area contributed by atoms with E-state index in [4.69, 9.17) is 9.84 Å². The Kier molecular flexibility index (Phi) is 6.37. The summed E-state index contributed by atoms with van der Waals surface area (Å²) in [7, 11) is 0. The quantitative estimate of drug-likeness (QED) is 0.679. The third-order valence-electron chi connectivity index (χ3n) is 3.15. The lowest BCUT2D eigenvalue weighted by Crippen LogP contribution is -2.55. The Morgan fingerprint density at radius 1 is 1.14 bits per heavy atom. The first-order chi connectivity index (χ1) is 10.4. The van der Waals surface area contributed by atoms with Gasteiger partial charge in [-0.3, -0.25) is 4.79 Å². The molecule has 0 bridgehead atoms. The van der Waals surface area contributed by atoms with Gasteiger partial charge in [0.2, 0.25) is 0 Å². The highest BCUT2D eigenvalue weighted by molar-refractivity contribution is 5.85. The first-order valence-corrected chi connectivity index (χ1v) is 6.90. The molecule has 0 aromatic heterocycles. The fourth-order valence-corrected chi connectivity index (χ4v) is 2.08. The van der Waals surface area contributed by atoms with Crippen LogP contribution in [-0.2, 0) is 9.59 Å². The van der Waals surface area contributed by atoms with Gasteiger partial charge in [-0.2, -0.15) is 0 Å². The van der Waals surface area contributed by atoms with Crippen molar-refractivity contribution in [3.8, 4) is 5.75 Å². The van der Waals surface area contributed by atoms with E-state index in [2.05, 4.69) is 5.32 Å². The Morgan fingerprint density at radius 3 is 2.27 bits per heavy atom. The zero-order valence-corrected chi connectivity index (χ0v) is 12.2. The van der Waals surface area contributed by atoms with Crippen LogP contribution in [0.2, 0.25) is 0 Å². The molecule has 0 saturated heterocycles. The standard InChI is InChI=1S/C15H19NO6/c1-2-9-15(13(19)20,10-8-12(17)18)16-14(21)22-11-6-4-3-5-7-11/h3-7H,2,8-10H2,1H3,(H,16,21)(H,17,18)(H,19,20)/t15-/m0/s1. The molecule has 0 radical (unpaired) electrons. The molecule has 0 spiro atoms. The van der Waals surface area contributed by atoms with Crippen molar-refractivity contribution in [1.82, 2.24) is 5.32 Å².